The quantitative estimate of drug-likeness (QED) is 0.675. The molecule has 0 saturated heterocycles. The number of rotatable bonds is 3. The van der Waals surface area contributed by atoms with Crippen LogP contribution < -0.4 is 5.73 Å². The van der Waals surface area contributed by atoms with Gasteiger partial charge in [-0.15, -0.1) is 11.3 Å². The van der Waals surface area contributed by atoms with Crippen molar-refractivity contribution in [3.63, 3.8) is 0 Å². The van der Waals surface area contributed by atoms with Crippen LogP contribution in [0, 0.1) is 0 Å². The van der Waals surface area contributed by atoms with Crippen LogP contribution >= 0.6 is 34.7 Å². The molecule has 0 unspecified atom stereocenters. The van der Waals surface area contributed by atoms with Crippen LogP contribution in [-0.4, -0.2) is 4.98 Å². The summed E-state index contributed by atoms with van der Waals surface area (Å²) >= 11 is 9.39. The van der Waals surface area contributed by atoms with Gasteiger partial charge in [-0.25, -0.2) is 4.98 Å². The highest BCUT2D eigenvalue weighted by atomic mass is 35.5. The molecule has 3 aromatic rings. The molecule has 0 spiro atoms. The number of nitrogens with two attached hydrogens (primary N) is 1. The van der Waals surface area contributed by atoms with Gasteiger partial charge >= 0.3 is 0 Å². The van der Waals surface area contributed by atoms with Crippen LogP contribution in [0.4, 0.5) is 5.69 Å². The van der Waals surface area contributed by atoms with E-state index in [9.17, 15) is 0 Å². The maximum atomic E-state index is 6.18. The van der Waals surface area contributed by atoms with Crippen molar-refractivity contribution in [2.75, 3.05) is 5.73 Å². The topological polar surface area (TPSA) is 38.9 Å². The average Bonchev–Trinajstić information content (AvgIpc) is 2.92. The van der Waals surface area contributed by atoms with Gasteiger partial charge < -0.3 is 5.73 Å². The van der Waals surface area contributed by atoms with Crippen LogP contribution in [0.1, 0.15) is 0 Å². The molecule has 2 aromatic carbocycles. The molecule has 2 N–H and O–H groups in total. The van der Waals surface area contributed by atoms with Gasteiger partial charge in [0.05, 0.1) is 9.90 Å². The van der Waals surface area contributed by atoms with Gasteiger partial charge in [0, 0.05) is 16.8 Å². The van der Waals surface area contributed by atoms with Crippen molar-refractivity contribution in [1.82, 2.24) is 4.98 Å². The van der Waals surface area contributed by atoms with Crippen molar-refractivity contribution in [1.29, 1.82) is 0 Å². The normalized spacial score (nSPS) is 10.7. The average molecular weight is 319 g/mol. The highest BCUT2D eigenvalue weighted by molar-refractivity contribution is 8.01. The predicted octanol–water partition coefficient (Wildman–Crippen LogP) is 5.20. The summed E-state index contributed by atoms with van der Waals surface area (Å²) in [5, 5.41) is 0.659. The Balaban J connectivity index is 1.84. The lowest BCUT2D eigenvalue weighted by atomic mass is 10.2. The Morgan fingerprint density at radius 1 is 1.10 bits per heavy atom. The van der Waals surface area contributed by atoms with Crippen molar-refractivity contribution in [2.45, 2.75) is 9.24 Å². The molecule has 100 valence electrons. The minimum absolute atomic E-state index is 0.659. The third kappa shape index (κ3) is 2.98. The molecule has 0 amide bonds. The number of hydrogen-bond donors (Lipinski definition) is 1. The van der Waals surface area contributed by atoms with Gasteiger partial charge in [-0.3, -0.25) is 0 Å². The standard InChI is InChI=1S/C15H11ClN2S2/c16-12-8-11(17)6-7-13(12)19-15-18-9-14(20-15)10-4-2-1-3-5-10/h1-9H,17H2. The van der Waals surface area contributed by atoms with Gasteiger partial charge in [-0.1, -0.05) is 53.7 Å². The van der Waals surface area contributed by atoms with E-state index in [0.29, 0.717) is 10.7 Å². The summed E-state index contributed by atoms with van der Waals surface area (Å²) in [5.74, 6) is 0. The number of thiazole rings is 1. The molecule has 0 atom stereocenters. The molecule has 0 aliphatic rings. The molecular weight excluding hydrogens is 308 g/mol. The maximum absolute atomic E-state index is 6.18. The number of halogens is 1. The lowest BCUT2D eigenvalue weighted by Gasteiger charge is -2.02. The molecule has 20 heavy (non-hydrogen) atoms. The molecule has 0 radical (unpaired) electrons. The fourth-order valence-corrected chi connectivity index (χ4v) is 3.98. The predicted molar refractivity (Wildman–Crippen MR) is 87.5 cm³/mol. The molecule has 0 aliphatic carbocycles. The summed E-state index contributed by atoms with van der Waals surface area (Å²) in [5.41, 5.74) is 7.54. The second-order valence-corrected chi connectivity index (χ2v) is 6.88. The molecular formula is C15H11ClN2S2. The first-order valence-electron chi connectivity index (χ1n) is 5.96. The zero-order valence-corrected chi connectivity index (χ0v) is 12.8. The Kier molecular flexibility index (Phi) is 3.96. The molecule has 0 fully saturated rings. The zero-order valence-electron chi connectivity index (χ0n) is 10.4. The van der Waals surface area contributed by atoms with Crippen LogP contribution in [0.25, 0.3) is 10.4 Å². The van der Waals surface area contributed by atoms with Crippen LogP contribution in [0.2, 0.25) is 5.02 Å². The second-order valence-electron chi connectivity index (χ2n) is 4.15. The molecule has 3 rings (SSSR count). The third-order valence-corrected chi connectivity index (χ3v) is 5.32. The van der Waals surface area contributed by atoms with Gasteiger partial charge in [-0.2, -0.15) is 0 Å². The SMILES string of the molecule is Nc1ccc(Sc2ncc(-c3ccccc3)s2)c(Cl)c1. The van der Waals surface area contributed by atoms with Crippen molar-refractivity contribution in [3.8, 4) is 10.4 Å². The van der Waals surface area contributed by atoms with E-state index in [4.69, 9.17) is 17.3 Å². The van der Waals surface area contributed by atoms with E-state index >= 15 is 0 Å². The molecule has 0 bridgehead atoms. The highest BCUT2D eigenvalue weighted by Crippen LogP contribution is 2.38. The van der Waals surface area contributed by atoms with Gasteiger partial charge in [0.1, 0.15) is 0 Å². The first-order valence-corrected chi connectivity index (χ1v) is 7.97. The molecule has 1 heterocycles. The van der Waals surface area contributed by atoms with Gasteiger partial charge in [0.25, 0.3) is 0 Å². The van der Waals surface area contributed by atoms with E-state index in [1.54, 1.807) is 29.2 Å². The second kappa shape index (κ2) is 5.87. The lowest BCUT2D eigenvalue weighted by Crippen LogP contribution is -1.84. The van der Waals surface area contributed by atoms with Crippen LogP contribution in [0.15, 0.2) is 64.0 Å². The van der Waals surface area contributed by atoms with Crippen molar-refractivity contribution >= 4 is 40.4 Å². The lowest BCUT2D eigenvalue weighted by molar-refractivity contribution is 1.25. The first-order chi connectivity index (χ1) is 9.72. The van der Waals surface area contributed by atoms with E-state index < -0.39 is 0 Å². The van der Waals surface area contributed by atoms with Crippen LogP contribution in [0.5, 0.6) is 0 Å². The first kappa shape index (κ1) is 13.5. The monoisotopic (exact) mass is 318 g/mol. The number of benzene rings is 2. The van der Waals surface area contributed by atoms with E-state index in [-0.39, 0.29) is 0 Å². The van der Waals surface area contributed by atoms with Crippen molar-refractivity contribution in [3.05, 3.63) is 59.8 Å². The van der Waals surface area contributed by atoms with E-state index in [0.717, 1.165) is 14.1 Å². The highest BCUT2D eigenvalue weighted by Gasteiger charge is 2.08. The van der Waals surface area contributed by atoms with Gasteiger partial charge in [0.15, 0.2) is 4.34 Å². The van der Waals surface area contributed by atoms with E-state index in [2.05, 4.69) is 17.1 Å². The van der Waals surface area contributed by atoms with Gasteiger partial charge in [-0.05, 0) is 23.8 Å². The zero-order chi connectivity index (χ0) is 13.9. The van der Waals surface area contributed by atoms with Gasteiger partial charge in [0.2, 0.25) is 0 Å². The summed E-state index contributed by atoms with van der Waals surface area (Å²) in [6.45, 7) is 0. The van der Waals surface area contributed by atoms with Crippen LogP contribution in [-0.2, 0) is 0 Å². The molecule has 2 nitrogen and oxygen atoms in total. The fraction of sp³-hybridized carbons (Fsp3) is 0. The fourth-order valence-electron chi connectivity index (χ4n) is 1.74. The summed E-state index contributed by atoms with van der Waals surface area (Å²) < 4.78 is 0.968. The molecule has 0 aliphatic heterocycles. The summed E-state index contributed by atoms with van der Waals surface area (Å²) in [7, 11) is 0. The Morgan fingerprint density at radius 2 is 1.90 bits per heavy atom. The Bertz CT molecular complexity index is 726. The van der Waals surface area contributed by atoms with E-state index in [1.165, 1.54) is 5.56 Å². The summed E-state index contributed by atoms with van der Waals surface area (Å²) in [4.78, 5) is 6.56. The van der Waals surface area contributed by atoms with E-state index in [1.807, 2.05) is 36.5 Å². The van der Waals surface area contributed by atoms with Crippen LogP contribution in [0.3, 0.4) is 0 Å². The number of nitrogen functional groups attached to an aromatic ring is 1. The summed E-state index contributed by atoms with van der Waals surface area (Å²) in [6, 6.07) is 15.8. The van der Waals surface area contributed by atoms with Crippen molar-refractivity contribution < 1.29 is 0 Å². The third-order valence-electron chi connectivity index (χ3n) is 2.70. The van der Waals surface area contributed by atoms with Crippen molar-refractivity contribution in [2.24, 2.45) is 0 Å². The Hall–Kier alpha value is -1.49. The molecule has 0 saturated carbocycles. The smallest absolute Gasteiger partial charge is 0.155 e. The minimum Gasteiger partial charge on any atom is -0.399 e. The molecule has 5 heteroatoms. The number of nitrogens with zero attached hydrogens (tertiary/aromatic N) is 1. The number of hydrogen-bond acceptors (Lipinski definition) is 4. The molecule has 1 aromatic heterocycles. The Morgan fingerprint density at radius 3 is 2.65 bits per heavy atom. The minimum atomic E-state index is 0.659. The maximum Gasteiger partial charge on any atom is 0.155 e. The Labute approximate surface area is 130 Å². The largest absolute Gasteiger partial charge is 0.399 e. The number of aromatic nitrogens is 1. The summed E-state index contributed by atoms with van der Waals surface area (Å²) in [6.07, 6.45) is 1.90. The number of anilines is 1.